The minimum Gasteiger partial charge on any atom is -0.459 e. The van der Waals surface area contributed by atoms with E-state index in [9.17, 15) is 0 Å². The van der Waals surface area contributed by atoms with E-state index in [0.29, 0.717) is 6.04 Å². The molecule has 2 aromatic carbocycles. The van der Waals surface area contributed by atoms with E-state index in [-0.39, 0.29) is 8.90 Å². The Balaban J connectivity index is 0.000000272. The maximum atomic E-state index is 8.83. The largest absolute Gasteiger partial charge is 0.459 e. The molecule has 146 valence electrons. The van der Waals surface area contributed by atoms with Crippen molar-refractivity contribution in [1.29, 1.82) is 0 Å². The quantitative estimate of drug-likeness (QED) is 0.328. The van der Waals surface area contributed by atoms with E-state index in [0.717, 1.165) is 38.9 Å². The van der Waals surface area contributed by atoms with Crippen LogP contribution >= 0.6 is 0 Å². The Labute approximate surface area is 161 Å². The zero-order chi connectivity index (χ0) is 19.6. The summed E-state index contributed by atoms with van der Waals surface area (Å²) < 4.78 is 7.61. The molecule has 0 unspecified atom stereocenters. The summed E-state index contributed by atoms with van der Waals surface area (Å²) >= 11 is 0. The highest BCUT2D eigenvalue weighted by molar-refractivity contribution is 5.82. The minimum atomic E-state index is -0.178. The molecule has 4 rings (SSSR count). The smallest absolute Gasteiger partial charge is 0.134 e. The van der Waals surface area contributed by atoms with Crippen molar-refractivity contribution in [2.45, 2.75) is 39.8 Å². The standard InChI is InChI=1S/C11H13NO2.C10H13N3.2H2/c1-7-9-5-3-4-6-10(9)14-11(7)8(2)12-13;1-7(2)13-10-5-9(11)4-3-8(10)6-12-13;;/h3-6,8,12-13H,1-2H3;3-7H,11H2,1-2H3;2*1H/t8-;;;/m0.../s1. The van der Waals surface area contributed by atoms with Crippen molar-refractivity contribution in [3.05, 3.63) is 60.0 Å². The lowest BCUT2D eigenvalue weighted by atomic mass is 10.1. The normalized spacial score (nSPS) is 12.4. The summed E-state index contributed by atoms with van der Waals surface area (Å²) in [6, 6.07) is 13.9. The van der Waals surface area contributed by atoms with Crippen LogP contribution in [0.15, 0.2) is 53.1 Å². The summed E-state index contributed by atoms with van der Waals surface area (Å²) in [4.78, 5) is 0. The van der Waals surface area contributed by atoms with E-state index >= 15 is 0 Å². The second-order valence-corrected chi connectivity index (χ2v) is 6.94. The summed E-state index contributed by atoms with van der Waals surface area (Å²) in [5.41, 5.74) is 11.7. The van der Waals surface area contributed by atoms with Crippen molar-refractivity contribution in [2.75, 3.05) is 5.73 Å². The van der Waals surface area contributed by atoms with Gasteiger partial charge in [-0.1, -0.05) is 18.2 Å². The lowest BCUT2D eigenvalue weighted by Gasteiger charge is -2.06. The third-order valence-corrected chi connectivity index (χ3v) is 4.58. The minimum absolute atomic E-state index is 0. The van der Waals surface area contributed by atoms with Crippen LogP contribution in [-0.4, -0.2) is 15.0 Å². The van der Waals surface area contributed by atoms with Crippen LogP contribution < -0.4 is 11.2 Å². The fourth-order valence-corrected chi connectivity index (χ4v) is 3.13. The molecule has 0 saturated heterocycles. The van der Waals surface area contributed by atoms with Gasteiger partial charge in [0.2, 0.25) is 0 Å². The number of furan rings is 1. The first kappa shape index (κ1) is 18.9. The van der Waals surface area contributed by atoms with Crippen LogP contribution in [0.5, 0.6) is 0 Å². The van der Waals surface area contributed by atoms with E-state index in [1.165, 1.54) is 0 Å². The highest BCUT2D eigenvalue weighted by Gasteiger charge is 2.14. The van der Waals surface area contributed by atoms with Crippen molar-refractivity contribution >= 4 is 27.6 Å². The highest BCUT2D eigenvalue weighted by Crippen LogP contribution is 2.28. The van der Waals surface area contributed by atoms with Gasteiger partial charge in [0.25, 0.3) is 0 Å². The number of anilines is 1. The number of nitrogens with two attached hydrogens (primary N) is 1. The number of fused-ring (bicyclic) bond motifs is 2. The third kappa shape index (κ3) is 3.82. The molecule has 4 aromatic rings. The molecule has 27 heavy (non-hydrogen) atoms. The Hall–Kier alpha value is -2.83. The first-order chi connectivity index (χ1) is 12.9. The molecule has 0 aliphatic carbocycles. The number of nitrogens with one attached hydrogen (secondary N) is 1. The number of aromatic nitrogens is 2. The Morgan fingerprint density at radius 2 is 1.93 bits per heavy atom. The van der Waals surface area contributed by atoms with Gasteiger partial charge in [-0.15, -0.1) is 0 Å². The van der Waals surface area contributed by atoms with Gasteiger partial charge >= 0.3 is 0 Å². The van der Waals surface area contributed by atoms with Crippen molar-refractivity contribution in [2.24, 2.45) is 0 Å². The molecule has 6 nitrogen and oxygen atoms in total. The van der Waals surface area contributed by atoms with Crippen molar-refractivity contribution < 1.29 is 12.5 Å². The fraction of sp³-hybridized carbons (Fsp3) is 0.286. The van der Waals surface area contributed by atoms with E-state index in [1.54, 1.807) is 0 Å². The first-order valence-electron chi connectivity index (χ1n) is 9.02. The molecule has 0 aliphatic heterocycles. The van der Waals surface area contributed by atoms with E-state index in [4.69, 9.17) is 15.4 Å². The van der Waals surface area contributed by atoms with Crippen LogP contribution in [0.4, 0.5) is 5.69 Å². The second kappa shape index (κ2) is 7.82. The third-order valence-electron chi connectivity index (χ3n) is 4.58. The number of rotatable bonds is 3. The zero-order valence-electron chi connectivity index (χ0n) is 16.1. The monoisotopic (exact) mass is 370 g/mol. The van der Waals surface area contributed by atoms with Crippen LogP contribution in [0.25, 0.3) is 21.9 Å². The van der Waals surface area contributed by atoms with Gasteiger partial charge in [-0.3, -0.25) is 4.68 Å². The van der Waals surface area contributed by atoms with Gasteiger partial charge in [0.1, 0.15) is 11.3 Å². The summed E-state index contributed by atoms with van der Waals surface area (Å²) in [6.07, 6.45) is 1.87. The Morgan fingerprint density at radius 3 is 2.59 bits per heavy atom. The summed E-state index contributed by atoms with van der Waals surface area (Å²) in [7, 11) is 0. The Morgan fingerprint density at radius 1 is 1.19 bits per heavy atom. The maximum absolute atomic E-state index is 8.83. The molecule has 4 N–H and O–H groups in total. The van der Waals surface area contributed by atoms with Gasteiger partial charge < -0.3 is 15.4 Å². The number of hydroxylamine groups is 1. The number of para-hydroxylation sites is 1. The first-order valence-corrected chi connectivity index (χ1v) is 9.02. The zero-order valence-corrected chi connectivity index (χ0v) is 16.1. The van der Waals surface area contributed by atoms with Crippen molar-refractivity contribution in [3.63, 3.8) is 0 Å². The molecule has 0 radical (unpaired) electrons. The highest BCUT2D eigenvalue weighted by atomic mass is 16.5. The number of nitrogen functional groups attached to an aromatic ring is 1. The molecular formula is C21H30N4O2. The molecule has 1 atom stereocenters. The van der Waals surface area contributed by atoms with E-state index in [1.807, 2.05) is 67.2 Å². The molecule has 0 saturated carbocycles. The molecule has 6 heteroatoms. The number of benzene rings is 2. The summed E-state index contributed by atoms with van der Waals surface area (Å²) in [5, 5.41) is 15.4. The molecule has 0 spiro atoms. The topological polar surface area (TPSA) is 89.2 Å². The van der Waals surface area contributed by atoms with Crippen LogP contribution in [-0.2, 0) is 0 Å². The molecule has 2 aromatic heterocycles. The molecule has 0 bridgehead atoms. The maximum Gasteiger partial charge on any atom is 0.134 e. The molecule has 2 heterocycles. The average molecular weight is 370 g/mol. The van der Waals surface area contributed by atoms with Gasteiger partial charge in [-0.05, 0) is 52.0 Å². The lowest BCUT2D eigenvalue weighted by Crippen LogP contribution is -2.13. The molecule has 0 fully saturated rings. The predicted octanol–water partition coefficient (Wildman–Crippen LogP) is 5.47. The number of nitrogens with zero attached hydrogens (tertiary/aromatic N) is 2. The molecular weight excluding hydrogens is 340 g/mol. The predicted molar refractivity (Wildman–Crippen MR) is 113 cm³/mol. The Kier molecular flexibility index (Phi) is 5.48. The SMILES string of the molecule is CC(C)n1ncc2ccc(N)cc21.Cc1c([C@H](C)NO)oc2ccccc12.[HH].[HH]. The number of aryl methyl sites for hydroxylation is 1. The molecule has 0 aliphatic rings. The van der Waals surface area contributed by atoms with Crippen molar-refractivity contribution in [3.8, 4) is 0 Å². The van der Waals surface area contributed by atoms with Crippen LogP contribution in [0, 0.1) is 6.92 Å². The number of hydrogen-bond acceptors (Lipinski definition) is 5. The second-order valence-electron chi connectivity index (χ2n) is 6.94. The van der Waals surface area contributed by atoms with Gasteiger partial charge in [-0.25, -0.2) is 0 Å². The van der Waals surface area contributed by atoms with Gasteiger partial charge in [0, 0.05) is 30.9 Å². The van der Waals surface area contributed by atoms with Crippen LogP contribution in [0.2, 0.25) is 0 Å². The van der Waals surface area contributed by atoms with E-state index < -0.39 is 0 Å². The lowest BCUT2D eigenvalue weighted by molar-refractivity contribution is 0.124. The molecule has 0 amide bonds. The fourth-order valence-electron chi connectivity index (χ4n) is 3.13. The van der Waals surface area contributed by atoms with E-state index in [2.05, 4.69) is 24.4 Å². The van der Waals surface area contributed by atoms with Crippen LogP contribution in [0.1, 0.15) is 47.0 Å². The Bertz CT molecular complexity index is 1060. The van der Waals surface area contributed by atoms with Gasteiger partial charge in [0.15, 0.2) is 0 Å². The summed E-state index contributed by atoms with van der Waals surface area (Å²) in [6.45, 7) is 8.06. The van der Waals surface area contributed by atoms with Crippen molar-refractivity contribution in [1.82, 2.24) is 15.3 Å². The number of hydrogen-bond donors (Lipinski definition) is 3. The van der Waals surface area contributed by atoms with Gasteiger partial charge in [-0.2, -0.15) is 10.6 Å². The van der Waals surface area contributed by atoms with Gasteiger partial charge in [0.05, 0.1) is 17.8 Å². The van der Waals surface area contributed by atoms with Crippen LogP contribution in [0.3, 0.4) is 0 Å². The summed E-state index contributed by atoms with van der Waals surface area (Å²) in [5.74, 6) is 0.786. The average Bonchev–Trinajstić information content (AvgIpc) is 3.23.